The molecule has 0 radical (unpaired) electrons. The third-order valence-electron chi connectivity index (χ3n) is 4.31. The van der Waals surface area contributed by atoms with Gasteiger partial charge in [0.25, 0.3) is 0 Å². The molecule has 2 aromatic heterocycles. The van der Waals surface area contributed by atoms with Crippen molar-refractivity contribution in [2.24, 2.45) is 0 Å². The Morgan fingerprint density at radius 2 is 1.80 bits per heavy atom. The van der Waals surface area contributed by atoms with Crippen LogP contribution in [0.5, 0.6) is 11.5 Å². The van der Waals surface area contributed by atoms with E-state index in [4.69, 9.17) is 15.3 Å². The number of rotatable bonds is 1. The van der Waals surface area contributed by atoms with Crippen LogP contribution in [-0.2, 0) is 0 Å². The van der Waals surface area contributed by atoms with Crippen molar-refractivity contribution in [2.75, 3.05) is 0 Å². The Morgan fingerprint density at radius 1 is 1.00 bits per heavy atom. The quantitative estimate of drug-likeness (QED) is 0.385. The van der Waals surface area contributed by atoms with Gasteiger partial charge < -0.3 is 4.74 Å². The van der Waals surface area contributed by atoms with E-state index in [0.29, 0.717) is 0 Å². The lowest BCUT2D eigenvalue weighted by Gasteiger charge is -2.17. The van der Waals surface area contributed by atoms with Crippen LogP contribution in [0.2, 0.25) is 0 Å². The molecule has 0 atom stereocenters. The first-order valence-electron chi connectivity index (χ1n) is 7.66. The van der Waals surface area contributed by atoms with Gasteiger partial charge in [0.1, 0.15) is 22.7 Å². The Morgan fingerprint density at radius 3 is 2.64 bits per heavy atom. The number of para-hydroxylation sites is 2. The minimum atomic E-state index is 0.0821. The molecule has 2 aromatic carbocycles. The fourth-order valence-corrected chi connectivity index (χ4v) is 4.36. The second-order valence-electron chi connectivity index (χ2n) is 5.71. The van der Waals surface area contributed by atoms with Crippen molar-refractivity contribution < 1.29 is 4.74 Å². The number of fused-ring (bicyclic) bond motifs is 5. The van der Waals surface area contributed by atoms with Gasteiger partial charge in [-0.15, -0.1) is 11.3 Å². The van der Waals surface area contributed by atoms with Gasteiger partial charge in [0.05, 0.1) is 11.0 Å². The number of aromatic nitrogens is 1. The third kappa shape index (κ3) is 1.85. The number of hydrogen-bond donors (Lipinski definition) is 0. The lowest BCUT2D eigenvalue weighted by atomic mass is 10.1. The summed E-state index contributed by atoms with van der Waals surface area (Å²) in [5.41, 5.74) is 2.25. The first-order chi connectivity index (χ1) is 12.3. The maximum atomic E-state index is 8.99. The van der Waals surface area contributed by atoms with E-state index in [9.17, 15) is 0 Å². The van der Waals surface area contributed by atoms with Crippen molar-refractivity contribution in [3.8, 4) is 28.6 Å². The van der Waals surface area contributed by atoms with Gasteiger partial charge in [-0.1, -0.05) is 30.3 Å². The zero-order valence-corrected chi connectivity index (χ0v) is 13.7. The zero-order valence-electron chi connectivity index (χ0n) is 12.9. The van der Waals surface area contributed by atoms with Crippen molar-refractivity contribution in [3.63, 3.8) is 0 Å². The van der Waals surface area contributed by atoms with E-state index in [1.165, 1.54) is 16.7 Å². The summed E-state index contributed by atoms with van der Waals surface area (Å²) in [7, 11) is 0. The lowest BCUT2D eigenvalue weighted by Crippen LogP contribution is -2.00. The van der Waals surface area contributed by atoms with Crippen LogP contribution in [0.15, 0.2) is 54.1 Å². The Balaban J connectivity index is 1.86. The van der Waals surface area contributed by atoms with Crippen molar-refractivity contribution in [1.82, 2.24) is 4.57 Å². The van der Waals surface area contributed by atoms with E-state index in [2.05, 4.69) is 22.8 Å². The van der Waals surface area contributed by atoms with Crippen LogP contribution in [0.4, 0.5) is 0 Å². The Hall–Kier alpha value is -3.54. The van der Waals surface area contributed by atoms with Crippen molar-refractivity contribution >= 4 is 39.2 Å². The summed E-state index contributed by atoms with van der Waals surface area (Å²) >= 11 is 1.51. The highest BCUT2D eigenvalue weighted by molar-refractivity contribution is 7.16. The van der Waals surface area contributed by atoms with Gasteiger partial charge in [0, 0.05) is 21.7 Å². The second kappa shape index (κ2) is 4.98. The topological polar surface area (TPSA) is 61.7 Å². The number of ether oxygens (including phenoxy) is 1. The minimum Gasteiger partial charge on any atom is -0.452 e. The molecule has 5 rings (SSSR count). The SMILES string of the molecule is N#CC(C#N)=Cc1cc2c(s1)-n1c3ccccc3c3cccc(c31)O2. The van der Waals surface area contributed by atoms with Crippen LogP contribution in [0.25, 0.3) is 32.9 Å². The maximum absolute atomic E-state index is 8.99. The largest absolute Gasteiger partial charge is 0.452 e. The normalized spacial score (nSPS) is 11.4. The highest BCUT2D eigenvalue weighted by atomic mass is 32.1. The predicted octanol–water partition coefficient (Wildman–Crippen LogP) is 5.38. The molecule has 0 spiro atoms. The van der Waals surface area contributed by atoms with Crippen LogP contribution in [0.3, 0.4) is 0 Å². The highest BCUT2D eigenvalue weighted by Gasteiger charge is 2.25. The fraction of sp³-hybridized carbons (Fsp3) is 0. The molecule has 0 amide bonds. The summed E-state index contributed by atoms with van der Waals surface area (Å²) in [6.45, 7) is 0. The minimum absolute atomic E-state index is 0.0821. The van der Waals surface area contributed by atoms with Crippen LogP contribution in [0, 0.1) is 22.7 Å². The molecular formula is C20H9N3OS. The van der Waals surface area contributed by atoms with Gasteiger partial charge >= 0.3 is 0 Å². The molecule has 0 fully saturated rings. The fourth-order valence-electron chi connectivity index (χ4n) is 3.31. The Labute approximate surface area is 147 Å². The van der Waals surface area contributed by atoms with Gasteiger partial charge in [0.2, 0.25) is 0 Å². The molecule has 0 saturated heterocycles. The van der Waals surface area contributed by atoms with Crippen LogP contribution < -0.4 is 4.74 Å². The first kappa shape index (κ1) is 13.9. The first-order valence-corrected chi connectivity index (χ1v) is 8.48. The van der Waals surface area contributed by atoms with Gasteiger partial charge in [0.15, 0.2) is 11.5 Å². The van der Waals surface area contributed by atoms with E-state index in [1.54, 1.807) is 6.08 Å². The summed E-state index contributed by atoms with van der Waals surface area (Å²) in [5.74, 6) is 1.56. The van der Waals surface area contributed by atoms with Crippen molar-refractivity contribution in [3.05, 3.63) is 59.0 Å². The summed E-state index contributed by atoms with van der Waals surface area (Å²) in [6, 6.07) is 20.0. The van der Waals surface area contributed by atoms with Gasteiger partial charge in [-0.2, -0.15) is 10.5 Å². The zero-order chi connectivity index (χ0) is 17.0. The van der Waals surface area contributed by atoms with Gasteiger partial charge in [-0.3, -0.25) is 4.57 Å². The molecule has 0 aliphatic carbocycles. The van der Waals surface area contributed by atoms with E-state index in [-0.39, 0.29) is 5.57 Å². The lowest BCUT2D eigenvalue weighted by molar-refractivity contribution is 0.479. The molecule has 0 saturated carbocycles. The molecule has 0 N–H and O–H groups in total. The van der Waals surface area contributed by atoms with Crippen molar-refractivity contribution in [2.45, 2.75) is 0 Å². The van der Waals surface area contributed by atoms with Crippen LogP contribution in [0.1, 0.15) is 4.88 Å². The van der Waals surface area contributed by atoms with E-state index in [1.807, 2.05) is 42.5 Å². The molecule has 4 aromatic rings. The predicted molar refractivity (Wildman–Crippen MR) is 97.9 cm³/mol. The van der Waals surface area contributed by atoms with Crippen LogP contribution >= 0.6 is 11.3 Å². The van der Waals surface area contributed by atoms with Gasteiger partial charge in [-0.05, 0) is 18.2 Å². The molecule has 1 aliphatic heterocycles. The smallest absolute Gasteiger partial charge is 0.163 e. The van der Waals surface area contributed by atoms with E-state index < -0.39 is 0 Å². The molecule has 1 aliphatic rings. The molecule has 25 heavy (non-hydrogen) atoms. The standard InChI is InChI=1S/C20H9N3OS/c21-10-12(11-22)8-13-9-18-20(25-13)23-16-6-2-1-4-14(16)15-5-3-7-17(24-18)19(15)23/h1-9H. The summed E-state index contributed by atoms with van der Waals surface area (Å²) in [6.07, 6.45) is 1.60. The number of nitrogens with zero attached hydrogens (tertiary/aromatic N) is 3. The van der Waals surface area contributed by atoms with Gasteiger partial charge in [-0.25, -0.2) is 0 Å². The molecule has 3 heterocycles. The van der Waals surface area contributed by atoms with Crippen molar-refractivity contribution in [1.29, 1.82) is 10.5 Å². The van der Waals surface area contributed by atoms with E-state index in [0.717, 1.165) is 37.8 Å². The van der Waals surface area contributed by atoms with Crippen LogP contribution in [-0.4, -0.2) is 4.57 Å². The highest BCUT2D eigenvalue weighted by Crippen LogP contribution is 2.48. The number of thiophene rings is 1. The molecule has 116 valence electrons. The Bertz CT molecular complexity index is 1280. The summed E-state index contributed by atoms with van der Waals surface area (Å²) in [4.78, 5) is 0.821. The average Bonchev–Trinajstić information content (AvgIpc) is 3.20. The number of benzene rings is 2. The Kier molecular flexibility index (Phi) is 2.76. The summed E-state index contributed by atoms with van der Waals surface area (Å²) in [5, 5.41) is 21.3. The third-order valence-corrected chi connectivity index (χ3v) is 5.36. The molecule has 0 bridgehead atoms. The average molecular weight is 339 g/mol. The molecule has 4 nitrogen and oxygen atoms in total. The number of allylic oxidation sites excluding steroid dienone is 1. The van der Waals surface area contributed by atoms with E-state index >= 15 is 0 Å². The number of nitriles is 2. The molecule has 5 heteroatoms. The number of hydrogen-bond acceptors (Lipinski definition) is 4. The monoisotopic (exact) mass is 339 g/mol. The summed E-state index contributed by atoms with van der Waals surface area (Å²) < 4.78 is 8.31. The molecular weight excluding hydrogens is 330 g/mol. The molecule has 0 unspecified atom stereocenters. The second-order valence-corrected chi connectivity index (χ2v) is 6.77. The maximum Gasteiger partial charge on any atom is 0.163 e.